The number of piperazine rings is 1. The third-order valence-electron chi connectivity index (χ3n) is 5.64. The van der Waals surface area contributed by atoms with Gasteiger partial charge >= 0.3 is 0 Å². The van der Waals surface area contributed by atoms with E-state index in [9.17, 15) is 9.59 Å². The number of rotatable bonds is 1. The van der Waals surface area contributed by atoms with Crippen LogP contribution in [0.4, 0.5) is 0 Å². The van der Waals surface area contributed by atoms with E-state index in [0.29, 0.717) is 6.42 Å². The van der Waals surface area contributed by atoms with E-state index in [1.54, 1.807) is 16.8 Å². The summed E-state index contributed by atoms with van der Waals surface area (Å²) >= 11 is 3.48. The van der Waals surface area contributed by atoms with Gasteiger partial charge < -0.3 is 14.8 Å². The van der Waals surface area contributed by atoms with Gasteiger partial charge in [0.1, 0.15) is 6.04 Å². The van der Waals surface area contributed by atoms with E-state index < -0.39 is 6.04 Å². The number of fused-ring (bicyclic) bond motifs is 4. The Morgan fingerprint density at radius 1 is 1.07 bits per heavy atom. The van der Waals surface area contributed by atoms with Crippen LogP contribution >= 0.6 is 15.9 Å². The minimum atomic E-state index is -0.461. The Labute approximate surface area is 165 Å². The molecule has 2 atom stereocenters. The predicted octanol–water partition coefficient (Wildman–Crippen LogP) is 3.25. The molecule has 2 aliphatic heterocycles. The number of para-hydroxylation sites is 1. The largest absolute Gasteiger partial charge is 0.356 e. The first-order chi connectivity index (χ1) is 13.0. The van der Waals surface area contributed by atoms with Gasteiger partial charge in [0.2, 0.25) is 11.8 Å². The lowest BCUT2D eigenvalue weighted by Crippen LogP contribution is -2.62. The summed E-state index contributed by atoms with van der Waals surface area (Å²) in [6.07, 6.45) is 0.543. The van der Waals surface area contributed by atoms with Crippen LogP contribution in [0.25, 0.3) is 10.9 Å². The third kappa shape index (κ3) is 2.43. The van der Waals surface area contributed by atoms with Crippen LogP contribution in [-0.4, -0.2) is 46.2 Å². The second-order valence-corrected chi connectivity index (χ2v) is 8.15. The standard InChI is InChI=1S/C21H18BrN3O2/c1-24-11-18(26)25-17(21(24)27)10-15-14-4-2-3-5-16(14)23-19(15)20(25)12-6-8-13(22)9-7-12/h2-9,17,20,23H,10-11H2,1H3/t17-,20-/m0/s1. The highest BCUT2D eigenvalue weighted by atomic mass is 79.9. The number of amides is 2. The Balaban J connectivity index is 1.76. The first-order valence-corrected chi connectivity index (χ1v) is 9.75. The molecule has 2 aromatic carbocycles. The molecule has 0 radical (unpaired) electrons. The average molecular weight is 424 g/mol. The highest BCUT2D eigenvalue weighted by Gasteiger charge is 2.47. The van der Waals surface area contributed by atoms with E-state index in [2.05, 4.69) is 27.0 Å². The molecule has 6 heteroatoms. The molecule has 1 saturated heterocycles. The normalized spacial score (nSPS) is 22.1. The van der Waals surface area contributed by atoms with E-state index in [4.69, 9.17) is 0 Å². The number of hydrogen-bond acceptors (Lipinski definition) is 2. The van der Waals surface area contributed by atoms with Gasteiger partial charge in [0, 0.05) is 34.5 Å². The Morgan fingerprint density at radius 3 is 2.59 bits per heavy atom. The topological polar surface area (TPSA) is 56.4 Å². The summed E-state index contributed by atoms with van der Waals surface area (Å²) in [5.74, 6) is -0.00744. The summed E-state index contributed by atoms with van der Waals surface area (Å²) in [5, 5.41) is 1.13. The molecule has 3 heterocycles. The molecule has 0 bridgehead atoms. The SMILES string of the molecule is CN1CC(=O)N2[C@@H](c3ccc(Br)cc3)c3[nH]c4ccccc4c3C[C@H]2C1=O. The Bertz CT molecular complexity index is 1070. The van der Waals surface area contributed by atoms with E-state index in [-0.39, 0.29) is 24.4 Å². The van der Waals surface area contributed by atoms with Crippen LogP contribution in [0.3, 0.4) is 0 Å². The molecule has 0 aliphatic carbocycles. The fraction of sp³-hybridized carbons (Fsp3) is 0.238. The Morgan fingerprint density at radius 2 is 1.81 bits per heavy atom. The minimum absolute atomic E-state index is 0.00708. The van der Waals surface area contributed by atoms with Gasteiger partial charge in [-0.25, -0.2) is 0 Å². The van der Waals surface area contributed by atoms with Gasteiger partial charge in [0.25, 0.3) is 0 Å². The number of halogens is 1. The maximum atomic E-state index is 13.0. The van der Waals surface area contributed by atoms with Crippen LogP contribution in [0.1, 0.15) is 22.9 Å². The van der Waals surface area contributed by atoms with Crippen molar-refractivity contribution in [3.05, 3.63) is 69.8 Å². The van der Waals surface area contributed by atoms with Crippen molar-refractivity contribution >= 4 is 38.6 Å². The average Bonchev–Trinajstić information content (AvgIpc) is 3.04. The molecule has 0 spiro atoms. The van der Waals surface area contributed by atoms with Crippen LogP contribution in [0.2, 0.25) is 0 Å². The maximum Gasteiger partial charge on any atom is 0.245 e. The number of aromatic nitrogens is 1. The van der Waals surface area contributed by atoms with Gasteiger partial charge in [-0.05, 0) is 29.3 Å². The number of nitrogens with zero attached hydrogens (tertiary/aromatic N) is 2. The number of carbonyl (C=O) groups excluding carboxylic acids is 2. The summed E-state index contributed by atoms with van der Waals surface area (Å²) < 4.78 is 0.983. The Kier molecular flexibility index (Phi) is 3.65. The van der Waals surface area contributed by atoms with Crippen molar-refractivity contribution in [2.45, 2.75) is 18.5 Å². The molecule has 0 saturated carbocycles. The molecule has 2 aliphatic rings. The van der Waals surface area contributed by atoms with Crippen LogP contribution in [-0.2, 0) is 16.0 Å². The van der Waals surface area contributed by atoms with E-state index in [0.717, 1.165) is 32.2 Å². The number of carbonyl (C=O) groups is 2. The van der Waals surface area contributed by atoms with Crippen molar-refractivity contribution in [2.75, 3.05) is 13.6 Å². The first kappa shape index (κ1) is 16.6. The van der Waals surface area contributed by atoms with Gasteiger partial charge in [-0.1, -0.05) is 46.3 Å². The highest BCUT2D eigenvalue weighted by Crippen LogP contribution is 2.42. The molecule has 1 aromatic heterocycles. The van der Waals surface area contributed by atoms with Crippen LogP contribution < -0.4 is 0 Å². The summed E-state index contributed by atoms with van der Waals surface area (Å²) in [6.45, 7) is 0.123. The lowest BCUT2D eigenvalue weighted by molar-refractivity contribution is -0.157. The fourth-order valence-corrected chi connectivity index (χ4v) is 4.66. The molecule has 0 unspecified atom stereocenters. The maximum absolute atomic E-state index is 13.0. The van der Waals surface area contributed by atoms with Crippen molar-refractivity contribution in [1.29, 1.82) is 0 Å². The second kappa shape index (κ2) is 5.96. The quantitative estimate of drug-likeness (QED) is 0.652. The van der Waals surface area contributed by atoms with Crippen LogP contribution in [0, 0.1) is 0 Å². The summed E-state index contributed by atoms with van der Waals surface area (Å²) in [4.78, 5) is 32.7. The summed E-state index contributed by atoms with van der Waals surface area (Å²) in [6, 6.07) is 15.4. The number of hydrogen-bond donors (Lipinski definition) is 1. The highest BCUT2D eigenvalue weighted by molar-refractivity contribution is 9.10. The number of nitrogens with one attached hydrogen (secondary N) is 1. The van der Waals surface area contributed by atoms with Gasteiger partial charge in [-0.2, -0.15) is 0 Å². The second-order valence-electron chi connectivity index (χ2n) is 7.23. The van der Waals surface area contributed by atoms with Crippen molar-refractivity contribution in [3.8, 4) is 0 Å². The predicted molar refractivity (Wildman–Crippen MR) is 106 cm³/mol. The molecule has 3 aromatic rings. The lowest BCUT2D eigenvalue weighted by atomic mass is 9.86. The minimum Gasteiger partial charge on any atom is -0.356 e. The number of H-pyrrole nitrogens is 1. The molecule has 1 N–H and O–H groups in total. The molecule has 2 amide bonds. The molecule has 5 rings (SSSR count). The number of likely N-dealkylation sites (N-methyl/N-ethyl adjacent to an activating group) is 1. The van der Waals surface area contributed by atoms with Crippen molar-refractivity contribution in [2.24, 2.45) is 0 Å². The molecular weight excluding hydrogens is 406 g/mol. The fourth-order valence-electron chi connectivity index (χ4n) is 4.40. The van der Waals surface area contributed by atoms with E-state index in [1.165, 1.54) is 0 Å². The van der Waals surface area contributed by atoms with Gasteiger partial charge in [-0.15, -0.1) is 0 Å². The lowest BCUT2D eigenvalue weighted by Gasteiger charge is -2.46. The van der Waals surface area contributed by atoms with Crippen molar-refractivity contribution in [1.82, 2.24) is 14.8 Å². The van der Waals surface area contributed by atoms with Gasteiger partial charge in [0.15, 0.2) is 0 Å². The summed E-state index contributed by atoms with van der Waals surface area (Å²) in [7, 11) is 1.71. The van der Waals surface area contributed by atoms with Crippen molar-refractivity contribution in [3.63, 3.8) is 0 Å². The zero-order valence-corrected chi connectivity index (χ0v) is 16.4. The third-order valence-corrected chi connectivity index (χ3v) is 6.17. The van der Waals surface area contributed by atoms with Crippen LogP contribution in [0.15, 0.2) is 53.0 Å². The first-order valence-electron chi connectivity index (χ1n) is 8.95. The molecule has 136 valence electrons. The molecule has 1 fully saturated rings. The van der Waals surface area contributed by atoms with Gasteiger partial charge in [0.05, 0.1) is 12.6 Å². The molecule has 27 heavy (non-hydrogen) atoms. The van der Waals surface area contributed by atoms with Crippen molar-refractivity contribution < 1.29 is 9.59 Å². The Hall–Kier alpha value is -2.60. The monoisotopic (exact) mass is 423 g/mol. The number of benzene rings is 2. The van der Waals surface area contributed by atoms with E-state index >= 15 is 0 Å². The smallest absolute Gasteiger partial charge is 0.245 e. The van der Waals surface area contributed by atoms with E-state index in [1.807, 2.05) is 42.5 Å². The number of aromatic amines is 1. The zero-order valence-electron chi connectivity index (χ0n) is 14.8. The van der Waals surface area contributed by atoms with Gasteiger partial charge in [-0.3, -0.25) is 9.59 Å². The zero-order chi connectivity index (χ0) is 18.7. The molecule has 5 nitrogen and oxygen atoms in total. The molecular formula is C21H18BrN3O2. The summed E-state index contributed by atoms with van der Waals surface area (Å²) in [5.41, 5.74) is 4.19. The van der Waals surface area contributed by atoms with Crippen LogP contribution in [0.5, 0.6) is 0 Å².